The second-order valence-electron chi connectivity index (χ2n) is 7.58. The second kappa shape index (κ2) is 10.1. The number of hydrogen-bond acceptors (Lipinski definition) is 5. The van der Waals surface area contributed by atoms with Crippen LogP contribution in [0.5, 0.6) is 0 Å². The number of sulfone groups is 1. The fraction of sp³-hybridized carbons (Fsp3) is 0.524. The lowest BCUT2D eigenvalue weighted by atomic mass is 10.2. The van der Waals surface area contributed by atoms with Crippen LogP contribution in [0.25, 0.3) is 5.69 Å². The maximum absolute atomic E-state index is 11.6. The average molecular weight is 433 g/mol. The van der Waals surface area contributed by atoms with Crippen LogP contribution in [0, 0.1) is 13.8 Å². The van der Waals surface area contributed by atoms with Crippen LogP contribution in [-0.4, -0.2) is 73.3 Å². The van der Waals surface area contributed by atoms with Crippen LogP contribution in [0.4, 0.5) is 0 Å². The Kier molecular flexibility index (Phi) is 7.49. The van der Waals surface area contributed by atoms with Gasteiger partial charge in [0.15, 0.2) is 15.8 Å². The van der Waals surface area contributed by atoms with Crippen LogP contribution in [0.3, 0.4) is 0 Å². The van der Waals surface area contributed by atoms with Crippen LogP contribution in [-0.2, 0) is 16.4 Å². The van der Waals surface area contributed by atoms with Crippen LogP contribution >= 0.6 is 0 Å². The number of nitrogens with one attached hydrogen (secondary N) is 2. The molecule has 1 aliphatic heterocycles. The maximum Gasteiger partial charge on any atom is 0.191 e. The first kappa shape index (κ1) is 22.3. The summed E-state index contributed by atoms with van der Waals surface area (Å²) in [5, 5.41) is 11.2. The molecule has 0 radical (unpaired) electrons. The fourth-order valence-corrected chi connectivity index (χ4v) is 4.81. The van der Waals surface area contributed by atoms with Crippen molar-refractivity contribution in [1.29, 1.82) is 0 Å². The third-order valence-corrected chi connectivity index (χ3v) is 6.75. The van der Waals surface area contributed by atoms with Gasteiger partial charge in [-0.1, -0.05) is 18.2 Å². The van der Waals surface area contributed by atoms with Crippen LogP contribution in [0.1, 0.15) is 23.9 Å². The first-order chi connectivity index (χ1) is 14.4. The van der Waals surface area contributed by atoms with Gasteiger partial charge in [0.2, 0.25) is 0 Å². The normalized spacial score (nSPS) is 17.1. The number of guanidine groups is 1. The molecule has 1 aromatic carbocycles. The van der Waals surface area contributed by atoms with Crippen molar-refractivity contribution in [3.63, 3.8) is 0 Å². The molecule has 0 saturated carbocycles. The minimum absolute atomic E-state index is 0.254. The zero-order valence-electron chi connectivity index (χ0n) is 18.1. The molecule has 30 heavy (non-hydrogen) atoms. The van der Waals surface area contributed by atoms with Crippen LogP contribution in [0.2, 0.25) is 0 Å². The summed E-state index contributed by atoms with van der Waals surface area (Å²) in [4.78, 5) is 6.93. The van der Waals surface area contributed by atoms with Gasteiger partial charge in [-0.15, -0.1) is 0 Å². The lowest BCUT2D eigenvalue weighted by Crippen LogP contribution is -2.45. The Labute approximate surface area is 179 Å². The average Bonchev–Trinajstić information content (AvgIpc) is 3.05. The summed E-state index contributed by atoms with van der Waals surface area (Å²) in [7, 11) is -2.84. The molecule has 0 atom stereocenters. The predicted molar refractivity (Wildman–Crippen MR) is 121 cm³/mol. The summed E-state index contributed by atoms with van der Waals surface area (Å²) in [5.74, 6) is 1.26. The number of para-hydroxylation sites is 1. The Balaban J connectivity index is 1.62. The van der Waals surface area contributed by atoms with Crippen molar-refractivity contribution in [2.75, 3.05) is 44.2 Å². The highest BCUT2D eigenvalue weighted by Gasteiger charge is 2.20. The van der Waals surface area contributed by atoms with Gasteiger partial charge in [0.05, 0.1) is 29.4 Å². The first-order valence-electron chi connectivity index (χ1n) is 10.4. The Morgan fingerprint density at radius 3 is 2.57 bits per heavy atom. The highest BCUT2D eigenvalue weighted by molar-refractivity contribution is 7.91. The summed E-state index contributed by atoms with van der Waals surface area (Å²) in [6.07, 6.45) is 0. The molecule has 1 aromatic heterocycles. The molecule has 0 bridgehead atoms. The van der Waals surface area contributed by atoms with E-state index >= 15 is 0 Å². The number of aryl methyl sites for hydroxylation is 2. The SMILES string of the molecule is CCNC(=NCc1ccccc1-n1nc(C)cc1C)NCCN1CCS(=O)(=O)CC1. The molecule has 2 heterocycles. The van der Waals surface area contributed by atoms with E-state index in [2.05, 4.69) is 45.8 Å². The summed E-state index contributed by atoms with van der Waals surface area (Å²) in [6, 6.07) is 10.2. The van der Waals surface area contributed by atoms with E-state index in [0.29, 0.717) is 26.2 Å². The summed E-state index contributed by atoms with van der Waals surface area (Å²) >= 11 is 0. The summed E-state index contributed by atoms with van der Waals surface area (Å²) < 4.78 is 25.1. The molecule has 0 unspecified atom stereocenters. The van der Waals surface area contributed by atoms with Gasteiger partial charge in [0.1, 0.15) is 0 Å². The van der Waals surface area contributed by atoms with Crippen molar-refractivity contribution in [2.24, 2.45) is 4.99 Å². The van der Waals surface area contributed by atoms with Gasteiger partial charge in [0, 0.05) is 38.4 Å². The number of aromatic nitrogens is 2. The van der Waals surface area contributed by atoms with Gasteiger partial charge < -0.3 is 10.6 Å². The largest absolute Gasteiger partial charge is 0.357 e. The monoisotopic (exact) mass is 432 g/mol. The highest BCUT2D eigenvalue weighted by Crippen LogP contribution is 2.17. The minimum Gasteiger partial charge on any atom is -0.357 e. The molecule has 9 heteroatoms. The predicted octanol–water partition coefficient (Wildman–Crippen LogP) is 1.27. The topological polar surface area (TPSA) is 91.6 Å². The second-order valence-corrected chi connectivity index (χ2v) is 9.89. The molecule has 0 amide bonds. The van der Waals surface area contributed by atoms with Crippen molar-refractivity contribution in [1.82, 2.24) is 25.3 Å². The standard InChI is InChI=1S/C21H32N6O2S/c1-4-22-21(23-9-10-26-11-13-30(28,29)14-12-26)24-16-19-7-5-6-8-20(19)27-18(3)15-17(2)25-27/h5-8,15H,4,9-14,16H2,1-3H3,(H2,22,23,24). The molecular weight excluding hydrogens is 400 g/mol. The van der Waals surface area contributed by atoms with Crippen molar-refractivity contribution in [2.45, 2.75) is 27.3 Å². The molecular formula is C21H32N6O2S. The van der Waals surface area contributed by atoms with Crippen molar-refractivity contribution in [3.05, 3.63) is 47.3 Å². The van der Waals surface area contributed by atoms with E-state index in [1.54, 1.807) is 0 Å². The Morgan fingerprint density at radius 1 is 1.17 bits per heavy atom. The molecule has 2 N–H and O–H groups in total. The van der Waals surface area contributed by atoms with Crippen LogP contribution < -0.4 is 10.6 Å². The lowest BCUT2D eigenvalue weighted by Gasteiger charge is -2.26. The molecule has 8 nitrogen and oxygen atoms in total. The Hall–Kier alpha value is -2.39. The molecule has 1 aliphatic rings. The van der Waals surface area contributed by atoms with Gasteiger partial charge in [0.25, 0.3) is 0 Å². The van der Waals surface area contributed by atoms with Gasteiger partial charge >= 0.3 is 0 Å². The number of rotatable bonds is 7. The van der Waals surface area contributed by atoms with Crippen molar-refractivity contribution in [3.8, 4) is 5.69 Å². The molecule has 1 fully saturated rings. The number of nitrogens with zero attached hydrogens (tertiary/aromatic N) is 4. The molecule has 0 aliphatic carbocycles. The number of benzene rings is 1. The third-order valence-electron chi connectivity index (χ3n) is 5.14. The van der Waals surface area contributed by atoms with E-state index in [1.165, 1.54) is 0 Å². The van der Waals surface area contributed by atoms with Crippen molar-refractivity contribution < 1.29 is 8.42 Å². The molecule has 1 saturated heterocycles. The number of hydrogen-bond donors (Lipinski definition) is 2. The van der Waals surface area contributed by atoms with E-state index in [0.717, 1.165) is 41.7 Å². The van der Waals surface area contributed by atoms with Gasteiger partial charge in [-0.05, 0) is 38.5 Å². The minimum atomic E-state index is -2.84. The maximum atomic E-state index is 11.6. The van der Waals surface area contributed by atoms with Crippen molar-refractivity contribution >= 4 is 15.8 Å². The van der Waals surface area contributed by atoms with Gasteiger partial charge in [-0.2, -0.15) is 5.10 Å². The van der Waals surface area contributed by atoms with Gasteiger partial charge in [-0.25, -0.2) is 18.1 Å². The summed E-state index contributed by atoms with van der Waals surface area (Å²) in [5.41, 5.74) is 4.23. The first-order valence-corrected chi connectivity index (χ1v) is 12.3. The zero-order valence-corrected chi connectivity index (χ0v) is 18.9. The fourth-order valence-electron chi connectivity index (χ4n) is 3.54. The molecule has 2 aromatic rings. The van der Waals surface area contributed by atoms with E-state index in [9.17, 15) is 8.42 Å². The van der Waals surface area contributed by atoms with E-state index < -0.39 is 9.84 Å². The highest BCUT2D eigenvalue weighted by atomic mass is 32.2. The molecule has 0 spiro atoms. The van der Waals surface area contributed by atoms with Crippen LogP contribution in [0.15, 0.2) is 35.3 Å². The van der Waals surface area contributed by atoms with E-state index in [1.807, 2.05) is 30.7 Å². The Bertz CT molecular complexity index is 969. The lowest BCUT2D eigenvalue weighted by molar-refractivity contribution is 0.299. The number of aliphatic imine (C=N–C) groups is 1. The zero-order chi connectivity index (χ0) is 21.6. The Morgan fingerprint density at radius 2 is 1.90 bits per heavy atom. The van der Waals surface area contributed by atoms with Gasteiger partial charge in [-0.3, -0.25) is 4.90 Å². The summed E-state index contributed by atoms with van der Waals surface area (Å²) in [6.45, 7) is 10.1. The quantitative estimate of drug-likeness (QED) is 0.506. The molecule has 164 valence electrons. The molecule has 3 rings (SSSR count). The van der Waals surface area contributed by atoms with E-state index in [-0.39, 0.29) is 11.5 Å². The smallest absolute Gasteiger partial charge is 0.191 e. The third kappa shape index (κ3) is 6.06. The van der Waals surface area contributed by atoms with E-state index in [4.69, 9.17) is 4.99 Å².